The molecule has 2 N–H and O–H groups in total. The van der Waals surface area contributed by atoms with Crippen LogP contribution in [0.15, 0.2) is 25.0 Å². The molecule has 0 saturated carbocycles. The Labute approximate surface area is 115 Å². The smallest absolute Gasteiger partial charge is 0.407 e. The van der Waals surface area contributed by atoms with Crippen LogP contribution >= 0.6 is 0 Å². The van der Waals surface area contributed by atoms with Gasteiger partial charge in [0.15, 0.2) is 0 Å². The van der Waals surface area contributed by atoms with Crippen molar-refractivity contribution in [1.82, 2.24) is 15.3 Å². The van der Waals surface area contributed by atoms with Gasteiger partial charge in [-0.2, -0.15) is 0 Å². The molecule has 8 nitrogen and oxygen atoms in total. The highest BCUT2D eigenvalue weighted by atomic mass is 16.5. The van der Waals surface area contributed by atoms with Crippen molar-refractivity contribution in [2.24, 2.45) is 0 Å². The highest BCUT2D eigenvalue weighted by Gasteiger charge is 2.30. The normalized spacial score (nSPS) is 14.3. The van der Waals surface area contributed by atoms with Gasteiger partial charge in [0.25, 0.3) is 0 Å². The van der Waals surface area contributed by atoms with Crippen LogP contribution in [0.25, 0.3) is 0 Å². The fraction of sp³-hybridized carbons (Fsp3) is 0.333. The lowest BCUT2D eigenvalue weighted by atomic mass is 10.1. The van der Waals surface area contributed by atoms with Crippen LogP contribution in [0.3, 0.4) is 0 Å². The number of aromatic carboxylic acids is 1. The molecule has 1 aromatic rings. The van der Waals surface area contributed by atoms with Gasteiger partial charge in [-0.1, -0.05) is 12.7 Å². The van der Waals surface area contributed by atoms with Crippen LogP contribution in [0.2, 0.25) is 0 Å². The molecule has 8 heteroatoms. The van der Waals surface area contributed by atoms with Gasteiger partial charge < -0.3 is 20.1 Å². The minimum absolute atomic E-state index is 0.0323. The van der Waals surface area contributed by atoms with Crippen molar-refractivity contribution >= 4 is 18.0 Å². The van der Waals surface area contributed by atoms with E-state index in [0.717, 1.165) is 0 Å². The van der Waals surface area contributed by atoms with Gasteiger partial charge in [-0.15, -0.1) is 0 Å². The number of carbonyl (C=O) groups excluding carboxylic acids is 1. The monoisotopic (exact) mass is 278 g/mol. The van der Waals surface area contributed by atoms with Crippen LogP contribution < -0.4 is 10.2 Å². The highest BCUT2D eigenvalue weighted by molar-refractivity contribution is 5.86. The molecule has 0 aromatic carbocycles. The molecule has 1 aliphatic heterocycles. The Kier molecular flexibility index (Phi) is 4.14. The molecule has 0 atom stereocenters. The van der Waals surface area contributed by atoms with Gasteiger partial charge in [-0.05, 0) is 0 Å². The predicted octanol–water partition coefficient (Wildman–Crippen LogP) is 0.276. The first-order valence-electron chi connectivity index (χ1n) is 5.94. The summed E-state index contributed by atoms with van der Waals surface area (Å²) in [7, 11) is 0. The predicted molar refractivity (Wildman–Crippen MR) is 69.7 cm³/mol. The standard InChI is InChI=1S/C12H14N4O4/c1-2-3-20-12(19)15-9-6-16(7-9)11-13-4-8(5-14-11)10(17)18/h2,4-5,9H,1,3,6-7H2,(H,15,19)(H,17,18). The van der Waals surface area contributed by atoms with E-state index < -0.39 is 12.1 Å². The average molecular weight is 278 g/mol. The second-order valence-corrected chi connectivity index (χ2v) is 4.21. The number of amides is 1. The second-order valence-electron chi connectivity index (χ2n) is 4.21. The molecule has 0 bridgehead atoms. The quantitative estimate of drug-likeness (QED) is 0.745. The van der Waals surface area contributed by atoms with Gasteiger partial charge in [0.1, 0.15) is 6.61 Å². The molecule has 0 unspecified atom stereocenters. The Hall–Kier alpha value is -2.64. The Balaban J connectivity index is 1.79. The fourth-order valence-corrected chi connectivity index (χ4v) is 1.67. The van der Waals surface area contributed by atoms with E-state index in [9.17, 15) is 9.59 Å². The molecule has 1 amide bonds. The summed E-state index contributed by atoms with van der Waals surface area (Å²) in [6, 6.07) is -0.0323. The second kappa shape index (κ2) is 6.00. The Morgan fingerprint density at radius 3 is 2.70 bits per heavy atom. The SMILES string of the molecule is C=CCOC(=O)NC1CN(c2ncc(C(=O)O)cn2)C1. The van der Waals surface area contributed by atoms with E-state index in [1.165, 1.54) is 18.5 Å². The van der Waals surface area contributed by atoms with Crippen molar-refractivity contribution in [3.05, 3.63) is 30.6 Å². The third kappa shape index (κ3) is 3.22. The maximum Gasteiger partial charge on any atom is 0.407 e. The van der Waals surface area contributed by atoms with Crippen LogP contribution in [-0.2, 0) is 4.74 Å². The number of ether oxygens (including phenoxy) is 1. The largest absolute Gasteiger partial charge is 0.478 e. The van der Waals surface area contributed by atoms with E-state index in [0.29, 0.717) is 19.0 Å². The fourth-order valence-electron chi connectivity index (χ4n) is 1.67. The molecule has 1 aliphatic rings. The molecule has 0 aliphatic carbocycles. The van der Waals surface area contributed by atoms with Crippen LogP contribution in [0.1, 0.15) is 10.4 Å². The van der Waals surface area contributed by atoms with Crippen molar-refractivity contribution in [3.63, 3.8) is 0 Å². The summed E-state index contributed by atoms with van der Waals surface area (Å²) < 4.78 is 4.80. The number of anilines is 1. The maximum absolute atomic E-state index is 11.3. The summed E-state index contributed by atoms with van der Waals surface area (Å²) in [4.78, 5) is 31.7. The lowest BCUT2D eigenvalue weighted by molar-refractivity contribution is 0.0696. The Bertz CT molecular complexity index is 511. The zero-order chi connectivity index (χ0) is 14.5. The molecule has 1 aromatic heterocycles. The highest BCUT2D eigenvalue weighted by Crippen LogP contribution is 2.15. The van der Waals surface area contributed by atoms with Crippen molar-refractivity contribution in [2.45, 2.75) is 6.04 Å². The van der Waals surface area contributed by atoms with Gasteiger partial charge in [-0.25, -0.2) is 19.6 Å². The van der Waals surface area contributed by atoms with Crippen LogP contribution in [-0.4, -0.2) is 52.9 Å². The summed E-state index contributed by atoms with van der Waals surface area (Å²) >= 11 is 0. The topological polar surface area (TPSA) is 105 Å². The van der Waals surface area contributed by atoms with Crippen molar-refractivity contribution < 1.29 is 19.4 Å². The molecule has 1 saturated heterocycles. The molecule has 0 radical (unpaired) electrons. The third-order valence-electron chi connectivity index (χ3n) is 2.70. The molecular formula is C12H14N4O4. The number of nitrogens with one attached hydrogen (secondary N) is 1. The number of rotatable bonds is 5. The van der Waals surface area contributed by atoms with Crippen molar-refractivity contribution in [1.29, 1.82) is 0 Å². The summed E-state index contributed by atoms with van der Waals surface area (Å²) in [5.74, 6) is -0.628. The number of nitrogens with zero attached hydrogens (tertiary/aromatic N) is 3. The zero-order valence-corrected chi connectivity index (χ0v) is 10.7. The lowest BCUT2D eigenvalue weighted by Crippen LogP contribution is -2.60. The first kappa shape index (κ1) is 13.8. The number of carboxylic acid groups (broad SMARTS) is 1. The zero-order valence-electron chi connectivity index (χ0n) is 10.7. The van der Waals surface area contributed by atoms with E-state index in [4.69, 9.17) is 9.84 Å². The summed E-state index contributed by atoms with van der Waals surface area (Å²) in [5.41, 5.74) is 0.0388. The molecule has 1 fully saturated rings. The third-order valence-corrected chi connectivity index (χ3v) is 2.70. The Morgan fingerprint density at radius 1 is 1.50 bits per heavy atom. The van der Waals surface area contributed by atoms with Gasteiger partial charge in [-0.3, -0.25) is 0 Å². The molecule has 20 heavy (non-hydrogen) atoms. The van der Waals surface area contributed by atoms with Crippen molar-refractivity contribution in [3.8, 4) is 0 Å². The molecule has 2 rings (SSSR count). The van der Waals surface area contributed by atoms with E-state index >= 15 is 0 Å². The minimum atomic E-state index is -1.07. The first-order chi connectivity index (χ1) is 9.60. The first-order valence-corrected chi connectivity index (χ1v) is 5.94. The number of alkyl carbamates (subject to hydrolysis) is 1. The van der Waals surface area contributed by atoms with E-state index in [1.54, 1.807) is 0 Å². The van der Waals surface area contributed by atoms with Gasteiger partial charge in [0, 0.05) is 25.5 Å². The van der Waals surface area contributed by atoms with E-state index in [1.807, 2.05) is 4.90 Å². The number of aromatic nitrogens is 2. The molecule has 2 heterocycles. The van der Waals surface area contributed by atoms with Crippen molar-refractivity contribution in [2.75, 3.05) is 24.6 Å². The van der Waals surface area contributed by atoms with Crippen LogP contribution in [0.4, 0.5) is 10.7 Å². The van der Waals surface area contributed by atoms with Gasteiger partial charge in [0.05, 0.1) is 11.6 Å². The summed E-state index contributed by atoms with van der Waals surface area (Å²) in [6.45, 7) is 4.72. The van der Waals surface area contributed by atoms with Crippen LogP contribution in [0.5, 0.6) is 0 Å². The molecular weight excluding hydrogens is 264 g/mol. The Morgan fingerprint density at radius 2 is 2.15 bits per heavy atom. The van der Waals surface area contributed by atoms with Gasteiger partial charge in [0.2, 0.25) is 5.95 Å². The number of carboxylic acids is 1. The minimum Gasteiger partial charge on any atom is -0.478 e. The maximum atomic E-state index is 11.3. The molecule has 0 spiro atoms. The van der Waals surface area contributed by atoms with Gasteiger partial charge >= 0.3 is 12.1 Å². The number of hydrogen-bond donors (Lipinski definition) is 2. The molecule has 106 valence electrons. The number of carbonyl (C=O) groups is 2. The lowest BCUT2D eigenvalue weighted by Gasteiger charge is -2.39. The average Bonchev–Trinajstić information content (AvgIpc) is 2.40. The van der Waals surface area contributed by atoms with E-state index in [-0.39, 0.29) is 18.2 Å². The summed E-state index contributed by atoms with van der Waals surface area (Å²) in [5, 5.41) is 11.4. The van der Waals surface area contributed by atoms with Crippen LogP contribution in [0, 0.1) is 0 Å². The summed E-state index contributed by atoms with van der Waals surface area (Å²) in [6.07, 6.45) is 3.51. The number of hydrogen-bond acceptors (Lipinski definition) is 6. The van der Waals surface area contributed by atoms with E-state index in [2.05, 4.69) is 21.9 Å².